The Balaban J connectivity index is 2.50. The Morgan fingerprint density at radius 2 is 2.16 bits per heavy atom. The van der Waals surface area contributed by atoms with Gasteiger partial charge < -0.3 is 19.9 Å². The lowest BCUT2D eigenvalue weighted by atomic mass is 9.97. The molecule has 3 amide bonds. The molecule has 1 saturated heterocycles. The van der Waals surface area contributed by atoms with Crippen LogP contribution in [0.25, 0.3) is 0 Å². The van der Waals surface area contributed by atoms with Gasteiger partial charge in [-0.15, -0.1) is 0 Å². The number of ether oxygens (including phenoxy) is 1. The van der Waals surface area contributed by atoms with Crippen molar-refractivity contribution in [2.45, 2.75) is 25.8 Å². The van der Waals surface area contributed by atoms with E-state index in [0.29, 0.717) is 13.2 Å². The number of hydrogen-bond donors (Lipinski definition) is 1. The highest BCUT2D eigenvalue weighted by atomic mass is 16.5. The molecule has 6 heteroatoms. The predicted molar refractivity (Wildman–Crippen MR) is 72.9 cm³/mol. The van der Waals surface area contributed by atoms with Crippen LogP contribution in [0.4, 0.5) is 4.79 Å². The van der Waals surface area contributed by atoms with Crippen molar-refractivity contribution in [3.8, 4) is 0 Å². The molecule has 1 rings (SSSR count). The third kappa shape index (κ3) is 4.70. The number of likely N-dealkylation sites (tertiary alicyclic amines) is 1. The van der Waals surface area contributed by atoms with E-state index in [1.54, 1.807) is 31.0 Å². The zero-order chi connectivity index (χ0) is 14.4. The van der Waals surface area contributed by atoms with Crippen molar-refractivity contribution >= 4 is 11.9 Å². The first kappa shape index (κ1) is 15.8. The molecule has 6 nitrogen and oxygen atoms in total. The van der Waals surface area contributed by atoms with Gasteiger partial charge in [0.1, 0.15) is 0 Å². The normalized spacial score (nSPS) is 20.8. The summed E-state index contributed by atoms with van der Waals surface area (Å²) in [7, 11) is 5.07. The van der Waals surface area contributed by atoms with Crippen molar-refractivity contribution in [3.05, 3.63) is 0 Å². The van der Waals surface area contributed by atoms with Crippen LogP contribution in [-0.4, -0.2) is 68.7 Å². The topological polar surface area (TPSA) is 61.9 Å². The monoisotopic (exact) mass is 271 g/mol. The van der Waals surface area contributed by atoms with Gasteiger partial charge in [0.25, 0.3) is 0 Å². The summed E-state index contributed by atoms with van der Waals surface area (Å²) in [6.07, 6.45) is 1.71. The molecule has 2 unspecified atom stereocenters. The number of methoxy groups -OCH3 is 1. The van der Waals surface area contributed by atoms with E-state index in [2.05, 4.69) is 5.32 Å². The molecule has 2 atom stereocenters. The molecule has 1 fully saturated rings. The second-order valence-corrected chi connectivity index (χ2v) is 5.33. The van der Waals surface area contributed by atoms with Gasteiger partial charge in [-0.1, -0.05) is 0 Å². The lowest BCUT2D eigenvalue weighted by Gasteiger charge is -2.34. The molecule has 1 N–H and O–H groups in total. The largest absolute Gasteiger partial charge is 0.383 e. The summed E-state index contributed by atoms with van der Waals surface area (Å²) < 4.78 is 5.00. The summed E-state index contributed by atoms with van der Waals surface area (Å²) in [6, 6.07) is -0.0279. The van der Waals surface area contributed by atoms with Gasteiger partial charge in [-0.2, -0.15) is 0 Å². The molecule has 19 heavy (non-hydrogen) atoms. The van der Waals surface area contributed by atoms with E-state index in [1.807, 2.05) is 6.92 Å². The SMILES string of the molecule is COCC(C)NC(=O)C1CCCN(C(=O)N(C)C)C1. The smallest absolute Gasteiger partial charge is 0.319 e. The van der Waals surface area contributed by atoms with Crippen molar-refractivity contribution in [3.63, 3.8) is 0 Å². The predicted octanol–water partition coefficient (Wildman–Crippen LogP) is 0.531. The minimum absolute atomic E-state index is 0.00238. The lowest BCUT2D eigenvalue weighted by Crippen LogP contribution is -2.50. The van der Waals surface area contributed by atoms with E-state index in [1.165, 1.54) is 0 Å². The van der Waals surface area contributed by atoms with Gasteiger partial charge in [0.05, 0.1) is 12.5 Å². The summed E-state index contributed by atoms with van der Waals surface area (Å²) in [5.41, 5.74) is 0. The van der Waals surface area contributed by atoms with Crippen LogP contribution in [0.1, 0.15) is 19.8 Å². The number of piperidine rings is 1. The average molecular weight is 271 g/mol. The number of rotatable bonds is 4. The number of urea groups is 1. The fraction of sp³-hybridized carbons (Fsp3) is 0.846. The number of carbonyl (C=O) groups is 2. The molecule has 0 bridgehead atoms. The van der Waals surface area contributed by atoms with Crippen molar-refractivity contribution < 1.29 is 14.3 Å². The number of hydrogen-bond acceptors (Lipinski definition) is 3. The highest BCUT2D eigenvalue weighted by molar-refractivity contribution is 5.81. The second kappa shape index (κ2) is 7.33. The lowest BCUT2D eigenvalue weighted by molar-refractivity contribution is -0.127. The van der Waals surface area contributed by atoms with Crippen molar-refractivity contribution in [1.29, 1.82) is 0 Å². The zero-order valence-electron chi connectivity index (χ0n) is 12.3. The fourth-order valence-electron chi connectivity index (χ4n) is 2.30. The molecule has 0 aliphatic carbocycles. The van der Waals surface area contributed by atoms with E-state index < -0.39 is 0 Å². The van der Waals surface area contributed by atoms with Gasteiger partial charge in [-0.05, 0) is 19.8 Å². The van der Waals surface area contributed by atoms with Crippen LogP contribution in [0, 0.1) is 5.92 Å². The minimum Gasteiger partial charge on any atom is -0.383 e. The quantitative estimate of drug-likeness (QED) is 0.811. The van der Waals surface area contributed by atoms with Gasteiger partial charge in [-0.3, -0.25) is 4.79 Å². The number of nitrogens with zero attached hydrogens (tertiary/aromatic N) is 2. The van der Waals surface area contributed by atoms with Crippen molar-refractivity contribution in [2.75, 3.05) is 40.9 Å². The molecule has 0 saturated carbocycles. The highest BCUT2D eigenvalue weighted by Gasteiger charge is 2.29. The molecule has 1 heterocycles. The number of nitrogens with one attached hydrogen (secondary N) is 1. The van der Waals surface area contributed by atoms with E-state index in [9.17, 15) is 9.59 Å². The molecular weight excluding hydrogens is 246 g/mol. The van der Waals surface area contributed by atoms with Crippen molar-refractivity contribution in [1.82, 2.24) is 15.1 Å². The van der Waals surface area contributed by atoms with Crippen molar-refractivity contribution in [2.24, 2.45) is 5.92 Å². The van der Waals surface area contributed by atoms with Crippen LogP contribution in [0.3, 0.4) is 0 Å². The Morgan fingerprint density at radius 1 is 1.47 bits per heavy atom. The van der Waals surface area contributed by atoms with Crippen LogP contribution in [0.2, 0.25) is 0 Å². The summed E-state index contributed by atoms with van der Waals surface area (Å²) in [5, 5.41) is 2.92. The maximum Gasteiger partial charge on any atom is 0.319 e. The van der Waals surface area contributed by atoms with Gasteiger partial charge in [0, 0.05) is 40.3 Å². The third-order valence-electron chi connectivity index (χ3n) is 3.25. The van der Waals surface area contributed by atoms with Gasteiger partial charge in [0.2, 0.25) is 5.91 Å². The Bertz CT molecular complexity index is 320. The van der Waals surface area contributed by atoms with Crippen LogP contribution < -0.4 is 5.32 Å². The van der Waals surface area contributed by atoms with Gasteiger partial charge in [-0.25, -0.2) is 4.79 Å². The first-order valence-electron chi connectivity index (χ1n) is 6.71. The minimum atomic E-state index is -0.114. The highest BCUT2D eigenvalue weighted by Crippen LogP contribution is 2.17. The molecule has 110 valence electrons. The molecular formula is C13H25N3O3. The van der Waals surface area contributed by atoms with Crippen LogP contribution >= 0.6 is 0 Å². The van der Waals surface area contributed by atoms with Gasteiger partial charge in [0.15, 0.2) is 0 Å². The van der Waals surface area contributed by atoms with Crippen LogP contribution in [-0.2, 0) is 9.53 Å². The average Bonchev–Trinajstić information content (AvgIpc) is 2.38. The number of carbonyl (C=O) groups excluding carboxylic acids is 2. The Kier molecular flexibility index (Phi) is 6.08. The molecule has 1 aliphatic heterocycles. The van der Waals surface area contributed by atoms with E-state index in [-0.39, 0.29) is 23.9 Å². The Morgan fingerprint density at radius 3 is 2.74 bits per heavy atom. The second-order valence-electron chi connectivity index (χ2n) is 5.33. The third-order valence-corrected chi connectivity index (χ3v) is 3.25. The molecule has 0 aromatic carbocycles. The maximum absolute atomic E-state index is 12.1. The molecule has 0 radical (unpaired) electrons. The fourth-order valence-corrected chi connectivity index (χ4v) is 2.30. The summed E-state index contributed by atoms with van der Waals surface area (Å²) in [5.74, 6) is -0.0993. The van der Waals surface area contributed by atoms with Crippen LogP contribution in [0.15, 0.2) is 0 Å². The van der Waals surface area contributed by atoms with E-state index >= 15 is 0 Å². The van der Waals surface area contributed by atoms with Gasteiger partial charge >= 0.3 is 6.03 Å². The molecule has 0 aromatic rings. The summed E-state index contributed by atoms with van der Waals surface area (Å²) in [4.78, 5) is 27.3. The summed E-state index contributed by atoms with van der Waals surface area (Å²) >= 11 is 0. The molecule has 1 aliphatic rings. The number of amides is 3. The Labute approximate surface area is 115 Å². The Hall–Kier alpha value is -1.30. The zero-order valence-corrected chi connectivity index (χ0v) is 12.3. The van der Waals surface area contributed by atoms with E-state index in [4.69, 9.17) is 4.74 Å². The summed E-state index contributed by atoms with van der Waals surface area (Å²) in [6.45, 7) is 3.64. The first-order valence-corrected chi connectivity index (χ1v) is 6.71. The standard InChI is InChI=1S/C13H25N3O3/c1-10(9-19-4)14-12(17)11-6-5-7-16(8-11)13(18)15(2)3/h10-11H,5-9H2,1-4H3,(H,14,17). The first-order chi connectivity index (χ1) is 8.95. The molecule has 0 aromatic heterocycles. The van der Waals surface area contributed by atoms with Crippen LogP contribution in [0.5, 0.6) is 0 Å². The maximum atomic E-state index is 12.1. The van der Waals surface area contributed by atoms with E-state index in [0.717, 1.165) is 19.4 Å². The molecule has 0 spiro atoms.